The van der Waals surface area contributed by atoms with Gasteiger partial charge in [-0.25, -0.2) is 4.98 Å². The average Bonchev–Trinajstić information content (AvgIpc) is 2.97. The van der Waals surface area contributed by atoms with Crippen LogP contribution in [0.5, 0.6) is 0 Å². The molecule has 1 aliphatic carbocycles. The Bertz CT molecular complexity index is 529. The molecule has 1 heterocycles. The highest BCUT2D eigenvalue weighted by Gasteiger charge is 2.44. The van der Waals surface area contributed by atoms with Gasteiger partial charge in [0.2, 0.25) is 0 Å². The Hall–Kier alpha value is -1.65. The second-order valence-corrected chi connectivity index (χ2v) is 5.82. The van der Waals surface area contributed by atoms with E-state index in [0.29, 0.717) is 12.6 Å². The van der Waals surface area contributed by atoms with E-state index in [9.17, 15) is 0 Å². The van der Waals surface area contributed by atoms with Gasteiger partial charge in [-0.15, -0.1) is 0 Å². The fraction of sp³-hybridized carbons (Fsp3) is 0.438. The van der Waals surface area contributed by atoms with Crippen molar-refractivity contribution in [1.29, 1.82) is 0 Å². The van der Waals surface area contributed by atoms with E-state index in [2.05, 4.69) is 52.5 Å². The number of nitrogens with one attached hydrogen (secondary N) is 2. The highest BCUT2D eigenvalue weighted by molar-refractivity contribution is 5.30. The van der Waals surface area contributed by atoms with E-state index in [0.717, 1.165) is 18.7 Å². The average molecular weight is 270 g/mol. The summed E-state index contributed by atoms with van der Waals surface area (Å²) in [5, 5.41) is 3.63. The van der Waals surface area contributed by atoms with Gasteiger partial charge in [-0.2, -0.15) is 0 Å². The number of benzene rings is 1. The van der Waals surface area contributed by atoms with Crippen LogP contribution < -0.4 is 11.1 Å². The Morgan fingerprint density at radius 1 is 1.40 bits per heavy atom. The van der Waals surface area contributed by atoms with Crippen LogP contribution in [0.15, 0.2) is 42.7 Å². The normalized spacial score (nSPS) is 27.0. The first kappa shape index (κ1) is 13.3. The SMILES string of the molecule is CC(NC1CC(CN)(c2ccccc2)C1)c1ncc[nH]1. The van der Waals surface area contributed by atoms with Crippen molar-refractivity contribution in [3.8, 4) is 0 Å². The van der Waals surface area contributed by atoms with Crippen LogP contribution in [0.3, 0.4) is 0 Å². The molecule has 1 atom stereocenters. The molecule has 1 aromatic heterocycles. The van der Waals surface area contributed by atoms with Gasteiger partial charge >= 0.3 is 0 Å². The number of H-pyrrole nitrogens is 1. The summed E-state index contributed by atoms with van der Waals surface area (Å²) in [4.78, 5) is 7.46. The van der Waals surface area contributed by atoms with Crippen molar-refractivity contribution in [3.63, 3.8) is 0 Å². The fourth-order valence-corrected chi connectivity index (χ4v) is 3.26. The van der Waals surface area contributed by atoms with Gasteiger partial charge in [-0.05, 0) is 25.3 Å². The molecule has 4 nitrogen and oxygen atoms in total. The van der Waals surface area contributed by atoms with Gasteiger partial charge in [0, 0.05) is 30.4 Å². The summed E-state index contributed by atoms with van der Waals surface area (Å²) in [5.74, 6) is 0.995. The lowest BCUT2D eigenvalue weighted by atomic mass is 9.61. The highest BCUT2D eigenvalue weighted by atomic mass is 15.0. The maximum absolute atomic E-state index is 6.04. The van der Waals surface area contributed by atoms with Gasteiger partial charge in [0.05, 0.1) is 6.04 Å². The molecule has 1 aromatic carbocycles. The van der Waals surface area contributed by atoms with Crippen LogP contribution >= 0.6 is 0 Å². The maximum atomic E-state index is 6.04. The van der Waals surface area contributed by atoms with E-state index >= 15 is 0 Å². The van der Waals surface area contributed by atoms with Gasteiger partial charge in [-0.1, -0.05) is 30.3 Å². The second-order valence-electron chi connectivity index (χ2n) is 5.82. The van der Waals surface area contributed by atoms with Crippen molar-refractivity contribution in [2.24, 2.45) is 5.73 Å². The van der Waals surface area contributed by atoms with E-state index in [1.165, 1.54) is 5.56 Å². The minimum absolute atomic E-state index is 0.155. The monoisotopic (exact) mass is 270 g/mol. The zero-order valence-electron chi connectivity index (χ0n) is 11.8. The Labute approximate surface area is 119 Å². The fourth-order valence-electron chi connectivity index (χ4n) is 3.26. The van der Waals surface area contributed by atoms with Crippen LogP contribution in [-0.2, 0) is 5.41 Å². The number of imidazole rings is 1. The third-order valence-electron chi connectivity index (χ3n) is 4.47. The minimum atomic E-state index is 0.155. The lowest BCUT2D eigenvalue weighted by Gasteiger charge is -2.48. The number of nitrogens with two attached hydrogens (primary N) is 1. The minimum Gasteiger partial charge on any atom is -0.347 e. The smallest absolute Gasteiger partial charge is 0.122 e. The quantitative estimate of drug-likeness (QED) is 0.779. The van der Waals surface area contributed by atoms with Crippen LogP contribution in [-0.4, -0.2) is 22.6 Å². The summed E-state index contributed by atoms with van der Waals surface area (Å²) in [6.07, 6.45) is 5.85. The van der Waals surface area contributed by atoms with Crippen molar-refractivity contribution in [2.75, 3.05) is 6.54 Å². The molecular formula is C16H22N4. The number of aromatic nitrogens is 2. The van der Waals surface area contributed by atoms with E-state index in [4.69, 9.17) is 5.73 Å². The van der Waals surface area contributed by atoms with Crippen LogP contribution in [0.25, 0.3) is 0 Å². The number of aromatic amines is 1. The molecule has 1 unspecified atom stereocenters. The Morgan fingerprint density at radius 3 is 2.75 bits per heavy atom. The molecule has 2 aromatic rings. The van der Waals surface area contributed by atoms with Gasteiger partial charge < -0.3 is 16.0 Å². The molecule has 20 heavy (non-hydrogen) atoms. The van der Waals surface area contributed by atoms with Crippen LogP contribution in [0.2, 0.25) is 0 Å². The Morgan fingerprint density at radius 2 is 2.15 bits per heavy atom. The van der Waals surface area contributed by atoms with E-state index in [-0.39, 0.29) is 11.5 Å². The summed E-state index contributed by atoms with van der Waals surface area (Å²) in [7, 11) is 0. The van der Waals surface area contributed by atoms with Crippen LogP contribution in [0.1, 0.15) is 37.2 Å². The number of hydrogen-bond acceptors (Lipinski definition) is 3. The molecule has 0 aliphatic heterocycles. The Kier molecular flexibility index (Phi) is 3.59. The molecule has 4 N–H and O–H groups in total. The molecule has 0 saturated heterocycles. The van der Waals surface area contributed by atoms with Crippen LogP contribution in [0, 0.1) is 0 Å². The summed E-state index contributed by atoms with van der Waals surface area (Å²) >= 11 is 0. The zero-order chi connectivity index (χ0) is 14.0. The van der Waals surface area contributed by atoms with Crippen molar-refractivity contribution in [1.82, 2.24) is 15.3 Å². The van der Waals surface area contributed by atoms with E-state index < -0.39 is 0 Å². The maximum Gasteiger partial charge on any atom is 0.122 e. The molecule has 0 bridgehead atoms. The molecule has 106 valence electrons. The summed E-state index contributed by atoms with van der Waals surface area (Å²) in [6.45, 7) is 2.86. The molecule has 4 heteroatoms. The standard InChI is InChI=1S/C16H22N4/c1-12(15-18-7-8-19-15)20-14-9-16(10-14,11-17)13-5-3-2-4-6-13/h2-8,12,14,20H,9-11,17H2,1H3,(H,18,19). The van der Waals surface area contributed by atoms with Gasteiger partial charge in [-0.3, -0.25) is 0 Å². The van der Waals surface area contributed by atoms with Gasteiger partial charge in [0.25, 0.3) is 0 Å². The van der Waals surface area contributed by atoms with Crippen molar-refractivity contribution in [3.05, 3.63) is 54.1 Å². The first-order chi connectivity index (χ1) is 9.73. The molecule has 0 amide bonds. The number of hydrogen-bond donors (Lipinski definition) is 3. The largest absolute Gasteiger partial charge is 0.347 e. The molecule has 1 fully saturated rings. The predicted molar refractivity (Wildman–Crippen MR) is 80.3 cm³/mol. The summed E-state index contributed by atoms with van der Waals surface area (Å²) in [5.41, 5.74) is 7.56. The van der Waals surface area contributed by atoms with Crippen molar-refractivity contribution >= 4 is 0 Å². The van der Waals surface area contributed by atoms with Crippen molar-refractivity contribution in [2.45, 2.75) is 37.3 Å². The lowest BCUT2D eigenvalue weighted by Crippen LogP contribution is -2.55. The number of rotatable bonds is 5. The molecular weight excluding hydrogens is 248 g/mol. The molecule has 1 saturated carbocycles. The first-order valence-corrected chi connectivity index (χ1v) is 7.24. The van der Waals surface area contributed by atoms with Gasteiger partial charge in [0.15, 0.2) is 0 Å². The molecule has 1 aliphatic rings. The van der Waals surface area contributed by atoms with E-state index in [1.54, 1.807) is 6.20 Å². The van der Waals surface area contributed by atoms with Crippen LogP contribution in [0.4, 0.5) is 0 Å². The molecule has 3 rings (SSSR count). The Balaban J connectivity index is 1.62. The predicted octanol–water partition coefficient (Wildman–Crippen LogP) is 2.12. The second kappa shape index (κ2) is 5.38. The van der Waals surface area contributed by atoms with E-state index in [1.807, 2.05) is 6.20 Å². The summed E-state index contributed by atoms with van der Waals surface area (Å²) < 4.78 is 0. The van der Waals surface area contributed by atoms with Crippen molar-refractivity contribution < 1.29 is 0 Å². The molecule has 0 radical (unpaired) electrons. The number of nitrogens with zero attached hydrogens (tertiary/aromatic N) is 1. The zero-order valence-corrected chi connectivity index (χ0v) is 11.8. The summed E-state index contributed by atoms with van der Waals surface area (Å²) in [6, 6.07) is 11.4. The third-order valence-corrected chi connectivity index (χ3v) is 4.47. The van der Waals surface area contributed by atoms with Gasteiger partial charge in [0.1, 0.15) is 5.82 Å². The third kappa shape index (κ3) is 2.37. The molecule has 0 spiro atoms. The highest BCUT2D eigenvalue weighted by Crippen LogP contribution is 2.43. The topological polar surface area (TPSA) is 66.7 Å². The first-order valence-electron chi connectivity index (χ1n) is 7.24. The lowest BCUT2D eigenvalue weighted by molar-refractivity contribution is 0.166.